The first-order valence-electron chi connectivity index (χ1n) is 6.28. The summed E-state index contributed by atoms with van der Waals surface area (Å²) >= 11 is 7.73. The molecule has 106 valence electrons. The van der Waals surface area contributed by atoms with Gasteiger partial charge in [-0.1, -0.05) is 28.9 Å². The maximum atomic E-state index is 6.11. The molecule has 1 heterocycles. The van der Waals surface area contributed by atoms with Crippen LogP contribution in [0.1, 0.15) is 5.82 Å². The van der Waals surface area contributed by atoms with E-state index in [0.717, 1.165) is 16.1 Å². The molecule has 0 radical (unpaired) electrons. The molecule has 0 fully saturated rings. The van der Waals surface area contributed by atoms with Gasteiger partial charge in [0.25, 0.3) is 5.89 Å². The normalized spacial score (nSPS) is 10.7. The molecule has 1 aromatic heterocycles. The van der Waals surface area contributed by atoms with E-state index >= 15 is 0 Å². The largest absolute Gasteiger partial charge is 0.399 e. The standard InChI is InChI=1S/C15H12ClN3OS/c16-13-4-2-1-3-12(13)15-18-14(19-20-15)9-21-11-7-5-10(17)6-8-11/h1-8H,9,17H2. The molecule has 0 saturated carbocycles. The zero-order valence-corrected chi connectivity index (χ0v) is 12.6. The molecule has 0 aliphatic heterocycles. The number of halogens is 1. The molecule has 4 nitrogen and oxygen atoms in total. The Hall–Kier alpha value is -1.98. The van der Waals surface area contributed by atoms with E-state index < -0.39 is 0 Å². The summed E-state index contributed by atoms with van der Waals surface area (Å²) in [5.74, 6) is 1.69. The third-order valence-corrected chi connectivity index (χ3v) is 4.16. The Kier molecular flexibility index (Phi) is 4.13. The summed E-state index contributed by atoms with van der Waals surface area (Å²) in [7, 11) is 0. The van der Waals surface area contributed by atoms with Crippen LogP contribution in [0.15, 0.2) is 57.9 Å². The number of aromatic nitrogens is 2. The van der Waals surface area contributed by atoms with Crippen LogP contribution in [-0.4, -0.2) is 10.1 Å². The van der Waals surface area contributed by atoms with Crippen molar-refractivity contribution >= 4 is 29.1 Å². The van der Waals surface area contributed by atoms with Gasteiger partial charge in [-0.2, -0.15) is 4.98 Å². The number of hydrogen-bond donors (Lipinski definition) is 1. The number of thioether (sulfide) groups is 1. The fourth-order valence-corrected chi connectivity index (χ4v) is 2.73. The van der Waals surface area contributed by atoms with Crippen molar-refractivity contribution in [3.8, 4) is 11.5 Å². The van der Waals surface area contributed by atoms with Gasteiger partial charge in [0, 0.05) is 10.6 Å². The fourth-order valence-electron chi connectivity index (χ4n) is 1.77. The van der Waals surface area contributed by atoms with Crippen LogP contribution < -0.4 is 5.73 Å². The van der Waals surface area contributed by atoms with Crippen molar-refractivity contribution in [2.75, 3.05) is 5.73 Å². The lowest BCUT2D eigenvalue weighted by Crippen LogP contribution is -1.86. The lowest BCUT2D eigenvalue weighted by Gasteiger charge is -1.98. The summed E-state index contributed by atoms with van der Waals surface area (Å²) in [6, 6.07) is 15.1. The van der Waals surface area contributed by atoms with E-state index in [-0.39, 0.29) is 0 Å². The minimum atomic E-state index is 0.438. The van der Waals surface area contributed by atoms with Crippen LogP contribution in [-0.2, 0) is 5.75 Å². The van der Waals surface area contributed by atoms with Crippen LogP contribution in [0.25, 0.3) is 11.5 Å². The van der Waals surface area contributed by atoms with E-state index in [4.69, 9.17) is 21.9 Å². The topological polar surface area (TPSA) is 64.9 Å². The van der Waals surface area contributed by atoms with E-state index in [1.807, 2.05) is 42.5 Å². The Morgan fingerprint density at radius 3 is 2.62 bits per heavy atom. The highest BCUT2D eigenvalue weighted by atomic mass is 35.5. The molecule has 2 aromatic carbocycles. The molecule has 2 N–H and O–H groups in total. The van der Waals surface area contributed by atoms with Crippen LogP contribution >= 0.6 is 23.4 Å². The van der Waals surface area contributed by atoms with Crippen molar-refractivity contribution in [3.63, 3.8) is 0 Å². The predicted octanol–water partition coefficient (Wildman–Crippen LogP) is 4.26. The Bertz CT molecular complexity index is 743. The highest BCUT2D eigenvalue weighted by Crippen LogP contribution is 2.27. The highest BCUT2D eigenvalue weighted by molar-refractivity contribution is 7.98. The van der Waals surface area contributed by atoms with Gasteiger partial charge in [-0.3, -0.25) is 0 Å². The van der Waals surface area contributed by atoms with Crippen molar-refractivity contribution in [3.05, 3.63) is 59.4 Å². The van der Waals surface area contributed by atoms with Gasteiger partial charge >= 0.3 is 0 Å². The second-order valence-corrected chi connectivity index (χ2v) is 5.81. The molecule has 0 aliphatic rings. The van der Waals surface area contributed by atoms with Gasteiger partial charge in [-0.25, -0.2) is 0 Å². The van der Waals surface area contributed by atoms with Crippen molar-refractivity contribution < 1.29 is 4.52 Å². The smallest absolute Gasteiger partial charge is 0.259 e. The van der Waals surface area contributed by atoms with Crippen LogP contribution in [0.3, 0.4) is 0 Å². The van der Waals surface area contributed by atoms with Gasteiger partial charge in [-0.15, -0.1) is 11.8 Å². The van der Waals surface area contributed by atoms with Crippen molar-refractivity contribution in [2.24, 2.45) is 0 Å². The fraction of sp³-hybridized carbons (Fsp3) is 0.0667. The van der Waals surface area contributed by atoms with Gasteiger partial charge in [0.2, 0.25) is 0 Å². The third kappa shape index (κ3) is 3.37. The lowest BCUT2D eigenvalue weighted by atomic mass is 10.2. The molecular weight excluding hydrogens is 306 g/mol. The van der Waals surface area contributed by atoms with Crippen molar-refractivity contribution in [1.82, 2.24) is 10.1 Å². The number of nitrogens with zero attached hydrogens (tertiary/aromatic N) is 2. The summed E-state index contributed by atoms with van der Waals surface area (Å²) in [6.45, 7) is 0. The molecule has 3 aromatic rings. The van der Waals surface area contributed by atoms with Gasteiger partial charge in [-0.05, 0) is 36.4 Å². The molecular formula is C15H12ClN3OS. The number of anilines is 1. The van der Waals surface area contributed by atoms with E-state index in [9.17, 15) is 0 Å². The molecule has 0 atom stereocenters. The van der Waals surface area contributed by atoms with Crippen molar-refractivity contribution in [1.29, 1.82) is 0 Å². The van der Waals surface area contributed by atoms with Gasteiger partial charge in [0.05, 0.1) is 16.3 Å². The molecule has 6 heteroatoms. The zero-order chi connectivity index (χ0) is 14.7. The van der Waals surface area contributed by atoms with E-state index in [0.29, 0.717) is 22.5 Å². The minimum absolute atomic E-state index is 0.438. The highest BCUT2D eigenvalue weighted by Gasteiger charge is 2.11. The SMILES string of the molecule is Nc1ccc(SCc2noc(-c3ccccc3Cl)n2)cc1. The van der Waals surface area contributed by atoms with Crippen LogP contribution in [0, 0.1) is 0 Å². The van der Waals surface area contributed by atoms with E-state index in [1.165, 1.54) is 0 Å². The maximum absolute atomic E-state index is 6.11. The Morgan fingerprint density at radius 1 is 1.10 bits per heavy atom. The van der Waals surface area contributed by atoms with E-state index in [2.05, 4.69) is 10.1 Å². The second-order valence-electron chi connectivity index (χ2n) is 4.35. The van der Waals surface area contributed by atoms with Crippen molar-refractivity contribution in [2.45, 2.75) is 10.6 Å². The van der Waals surface area contributed by atoms with Crippen LogP contribution in [0.4, 0.5) is 5.69 Å². The summed E-state index contributed by atoms with van der Waals surface area (Å²) in [5.41, 5.74) is 7.15. The number of hydrogen-bond acceptors (Lipinski definition) is 5. The molecule has 0 unspecified atom stereocenters. The summed E-state index contributed by atoms with van der Waals surface area (Å²) in [6.07, 6.45) is 0. The summed E-state index contributed by atoms with van der Waals surface area (Å²) in [4.78, 5) is 5.47. The Labute approximate surface area is 131 Å². The second kappa shape index (κ2) is 6.20. The molecule has 0 aliphatic carbocycles. The Balaban J connectivity index is 1.71. The summed E-state index contributed by atoms with van der Waals surface area (Å²) < 4.78 is 5.26. The first-order valence-corrected chi connectivity index (χ1v) is 7.64. The lowest BCUT2D eigenvalue weighted by molar-refractivity contribution is 0.425. The number of benzene rings is 2. The predicted molar refractivity (Wildman–Crippen MR) is 85.2 cm³/mol. The average Bonchev–Trinajstić information content (AvgIpc) is 2.96. The van der Waals surface area contributed by atoms with E-state index in [1.54, 1.807) is 17.8 Å². The van der Waals surface area contributed by atoms with Crippen LogP contribution in [0.5, 0.6) is 0 Å². The molecule has 21 heavy (non-hydrogen) atoms. The van der Waals surface area contributed by atoms with Gasteiger partial charge < -0.3 is 10.3 Å². The van der Waals surface area contributed by atoms with Crippen LogP contribution in [0.2, 0.25) is 5.02 Å². The monoisotopic (exact) mass is 317 g/mol. The quantitative estimate of drug-likeness (QED) is 0.575. The minimum Gasteiger partial charge on any atom is -0.399 e. The summed E-state index contributed by atoms with van der Waals surface area (Å²) in [5, 5.41) is 4.57. The number of nitrogen functional groups attached to an aromatic ring is 1. The maximum Gasteiger partial charge on any atom is 0.259 e. The molecule has 0 spiro atoms. The molecule has 0 saturated heterocycles. The van der Waals surface area contributed by atoms with Gasteiger partial charge in [0.1, 0.15) is 0 Å². The molecule has 3 rings (SSSR count). The average molecular weight is 318 g/mol. The first-order chi connectivity index (χ1) is 10.2. The molecule has 0 amide bonds. The van der Waals surface area contributed by atoms with Gasteiger partial charge in [0.15, 0.2) is 5.82 Å². The Morgan fingerprint density at radius 2 is 1.86 bits per heavy atom. The number of rotatable bonds is 4. The molecule has 0 bridgehead atoms. The zero-order valence-electron chi connectivity index (χ0n) is 11.0. The number of nitrogens with two attached hydrogens (primary N) is 1. The third-order valence-electron chi connectivity index (χ3n) is 2.82. The first kappa shape index (κ1) is 14.0.